The molecule has 30 heavy (non-hydrogen) atoms. The van der Waals surface area contributed by atoms with Crippen LogP contribution in [0.1, 0.15) is 73.5 Å². The lowest BCUT2D eigenvalue weighted by atomic mass is 9.74. The number of fused-ring (bicyclic) bond motifs is 3. The Morgan fingerprint density at radius 3 is 2.60 bits per heavy atom. The number of aromatic amines is 1. The van der Waals surface area contributed by atoms with Crippen molar-refractivity contribution in [3.63, 3.8) is 0 Å². The van der Waals surface area contributed by atoms with Crippen LogP contribution in [-0.4, -0.2) is 29.3 Å². The van der Waals surface area contributed by atoms with E-state index in [0.29, 0.717) is 12.3 Å². The predicted octanol–water partition coefficient (Wildman–Crippen LogP) is 4.92. The van der Waals surface area contributed by atoms with Crippen LogP contribution in [0, 0.1) is 12.8 Å². The SMILES string of the molecule is CCCCOc1cc2c(cc1C)-c1[nH]c(=O)c(C(=O)O)c(OCC)c1C(C(C)C)C2. The van der Waals surface area contributed by atoms with Gasteiger partial charge in [0.2, 0.25) is 0 Å². The number of carbonyl (C=O) groups is 1. The molecular formula is C24H31NO5. The highest BCUT2D eigenvalue weighted by molar-refractivity contribution is 5.92. The number of carboxylic acids is 1. The highest BCUT2D eigenvalue weighted by Crippen LogP contribution is 2.47. The Morgan fingerprint density at radius 1 is 1.27 bits per heavy atom. The van der Waals surface area contributed by atoms with Gasteiger partial charge in [0.15, 0.2) is 5.56 Å². The zero-order valence-corrected chi connectivity index (χ0v) is 18.4. The summed E-state index contributed by atoms with van der Waals surface area (Å²) in [4.78, 5) is 27.4. The van der Waals surface area contributed by atoms with Gasteiger partial charge in [-0.05, 0) is 61.8 Å². The molecule has 2 aromatic rings. The van der Waals surface area contributed by atoms with Crippen molar-refractivity contribution in [2.45, 2.75) is 59.8 Å². The fourth-order valence-electron chi connectivity index (χ4n) is 4.17. The average Bonchev–Trinajstić information content (AvgIpc) is 2.68. The van der Waals surface area contributed by atoms with E-state index in [-0.39, 0.29) is 29.8 Å². The number of aromatic carboxylic acids is 1. The maximum Gasteiger partial charge on any atom is 0.345 e. The fraction of sp³-hybridized carbons (Fsp3) is 0.500. The van der Waals surface area contributed by atoms with E-state index >= 15 is 0 Å². The number of nitrogens with one attached hydrogen (secondary N) is 1. The Balaban J connectivity index is 2.25. The average molecular weight is 414 g/mol. The second kappa shape index (κ2) is 8.94. The minimum Gasteiger partial charge on any atom is -0.493 e. The lowest BCUT2D eigenvalue weighted by molar-refractivity contribution is 0.0690. The molecule has 1 atom stereocenters. The quantitative estimate of drug-likeness (QED) is 0.600. The van der Waals surface area contributed by atoms with Crippen molar-refractivity contribution in [3.05, 3.63) is 44.7 Å². The molecule has 0 spiro atoms. The van der Waals surface area contributed by atoms with Gasteiger partial charge in [0.25, 0.3) is 5.56 Å². The summed E-state index contributed by atoms with van der Waals surface area (Å²) >= 11 is 0. The van der Waals surface area contributed by atoms with Crippen molar-refractivity contribution >= 4 is 5.97 Å². The Labute approximate surface area is 177 Å². The van der Waals surface area contributed by atoms with Gasteiger partial charge in [0.05, 0.1) is 18.9 Å². The third-order valence-electron chi connectivity index (χ3n) is 5.75. The van der Waals surface area contributed by atoms with Gasteiger partial charge in [-0.25, -0.2) is 4.79 Å². The van der Waals surface area contributed by atoms with Crippen LogP contribution in [0.4, 0.5) is 0 Å². The highest BCUT2D eigenvalue weighted by Gasteiger charge is 2.35. The number of H-pyrrole nitrogens is 1. The van der Waals surface area contributed by atoms with E-state index in [1.165, 1.54) is 0 Å². The summed E-state index contributed by atoms with van der Waals surface area (Å²) in [5.74, 6) is 0.0491. The normalized spacial score (nSPS) is 14.9. The molecule has 2 N–H and O–H groups in total. The minimum atomic E-state index is -1.27. The number of rotatable bonds is 8. The molecule has 1 aliphatic rings. The zero-order chi connectivity index (χ0) is 22.0. The summed E-state index contributed by atoms with van der Waals surface area (Å²) in [7, 11) is 0. The summed E-state index contributed by atoms with van der Waals surface area (Å²) in [5, 5.41) is 9.66. The predicted molar refractivity (Wildman–Crippen MR) is 117 cm³/mol. The second-order valence-corrected chi connectivity index (χ2v) is 8.22. The van der Waals surface area contributed by atoms with Crippen LogP contribution in [0.25, 0.3) is 11.3 Å². The number of unbranched alkanes of at least 4 members (excludes halogenated alkanes) is 1. The number of carboxylic acid groups (broad SMARTS) is 1. The van der Waals surface area contributed by atoms with Crippen molar-refractivity contribution in [1.29, 1.82) is 0 Å². The summed E-state index contributed by atoms with van der Waals surface area (Å²) in [6.07, 6.45) is 2.80. The molecule has 0 fully saturated rings. The van der Waals surface area contributed by atoms with Gasteiger partial charge in [0, 0.05) is 11.1 Å². The fourth-order valence-corrected chi connectivity index (χ4v) is 4.17. The van der Waals surface area contributed by atoms with Crippen LogP contribution in [0.5, 0.6) is 11.5 Å². The molecule has 6 nitrogen and oxygen atoms in total. The van der Waals surface area contributed by atoms with Crippen molar-refractivity contribution < 1.29 is 19.4 Å². The van der Waals surface area contributed by atoms with Crippen LogP contribution >= 0.6 is 0 Å². The first kappa shape index (κ1) is 21.9. The first-order valence-corrected chi connectivity index (χ1v) is 10.7. The number of hydrogen-bond donors (Lipinski definition) is 2. The monoisotopic (exact) mass is 413 g/mol. The van der Waals surface area contributed by atoms with Crippen molar-refractivity contribution in [2.75, 3.05) is 13.2 Å². The smallest absolute Gasteiger partial charge is 0.345 e. The molecule has 0 saturated carbocycles. The van der Waals surface area contributed by atoms with Crippen LogP contribution in [-0.2, 0) is 6.42 Å². The van der Waals surface area contributed by atoms with E-state index < -0.39 is 11.5 Å². The van der Waals surface area contributed by atoms with E-state index in [0.717, 1.165) is 47.3 Å². The van der Waals surface area contributed by atoms with E-state index in [1.54, 1.807) is 6.92 Å². The number of pyridine rings is 1. The zero-order valence-electron chi connectivity index (χ0n) is 18.4. The van der Waals surface area contributed by atoms with Gasteiger partial charge in [-0.3, -0.25) is 4.79 Å². The van der Waals surface area contributed by atoms with E-state index in [4.69, 9.17) is 9.47 Å². The highest BCUT2D eigenvalue weighted by atomic mass is 16.5. The molecule has 1 unspecified atom stereocenters. The lowest BCUT2D eigenvalue weighted by Crippen LogP contribution is -2.27. The van der Waals surface area contributed by atoms with E-state index in [1.807, 2.05) is 13.0 Å². The van der Waals surface area contributed by atoms with Gasteiger partial charge in [-0.2, -0.15) is 0 Å². The van der Waals surface area contributed by atoms with Crippen molar-refractivity contribution in [1.82, 2.24) is 4.98 Å². The minimum absolute atomic E-state index is 0.0233. The maximum absolute atomic E-state index is 12.7. The Bertz CT molecular complexity index is 1010. The van der Waals surface area contributed by atoms with Gasteiger partial charge >= 0.3 is 5.97 Å². The number of aryl methyl sites for hydroxylation is 1. The molecule has 0 saturated heterocycles. The molecule has 162 valence electrons. The molecule has 1 heterocycles. The standard InChI is InChI=1S/C24H31NO5/c1-6-8-9-30-18-12-15-11-16(13(3)4)19-21(17(15)10-14(18)5)25-23(26)20(24(27)28)22(19)29-7-2/h10,12-13,16H,6-9,11H2,1-5H3,(H,25,26)(H,27,28). The number of hydrogen-bond acceptors (Lipinski definition) is 4. The molecule has 0 aliphatic heterocycles. The van der Waals surface area contributed by atoms with Crippen LogP contribution in [0.2, 0.25) is 0 Å². The summed E-state index contributed by atoms with van der Waals surface area (Å²) in [5.41, 5.74) is 3.49. The van der Waals surface area contributed by atoms with Crippen molar-refractivity contribution in [3.8, 4) is 22.8 Å². The van der Waals surface area contributed by atoms with Gasteiger partial charge < -0.3 is 19.6 Å². The molecule has 1 aromatic carbocycles. The molecule has 1 aliphatic carbocycles. The number of benzene rings is 1. The molecule has 0 radical (unpaired) electrons. The van der Waals surface area contributed by atoms with Crippen LogP contribution in [0.15, 0.2) is 16.9 Å². The van der Waals surface area contributed by atoms with Crippen molar-refractivity contribution in [2.24, 2.45) is 5.92 Å². The van der Waals surface area contributed by atoms with Gasteiger partial charge in [0.1, 0.15) is 11.5 Å². The maximum atomic E-state index is 12.7. The van der Waals surface area contributed by atoms with Gasteiger partial charge in [-0.1, -0.05) is 27.2 Å². The molecule has 0 amide bonds. The summed E-state index contributed by atoms with van der Waals surface area (Å²) in [6, 6.07) is 4.10. The lowest BCUT2D eigenvalue weighted by Gasteiger charge is -2.32. The first-order chi connectivity index (χ1) is 14.3. The van der Waals surface area contributed by atoms with Crippen LogP contribution < -0.4 is 15.0 Å². The van der Waals surface area contributed by atoms with Gasteiger partial charge in [-0.15, -0.1) is 0 Å². The largest absolute Gasteiger partial charge is 0.493 e. The number of ether oxygens (including phenoxy) is 2. The summed E-state index contributed by atoms with van der Waals surface area (Å²) < 4.78 is 11.8. The summed E-state index contributed by atoms with van der Waals surface area (Å²) in [6.45, 7) is 11.1. The van der Waals surface area contributed by atoms with Crippen LogP contribution in [0.3, 0.4) is 0 Å². The topological polar surface area (TPSA) is 88.6 Å². The van der Waals surface area contributed by atoms with E-state index in [2.05, 4.69) is 31.8 Å². The Hall–Kier alpha value is -2.76. The first-order valence-electron chi connectivity index (χ1n) is 10.7. The second-order valence-electron chi connectivity index (χ2n) is 8.22. The Morgan fingerprint density at radius 2 is 2.00 bits per heavy atom. The molecule has 1 aromatic heterocycles. The van der Waals surface area contributed by atoms with E-state index in [9.17, 15) is 14.7 Å². The third-order valence-corrected chi connectivity index (χ3v) is 5.75. The molecular weight excluding hydrogens is 382 g/mol. The Kier molecular flexibility index (Phi) is 6.54. The third kappa shape index (κ3) is 3.95. The number of aromatic nitrogens is 1. The molecule has 6 heteroatoms. The molecule has 0 bridgehead atoms. The molecule has 3 rings (SSSR count).